The van der Waals surface area contributed by atoms with Crippen LogP contribution < -0.4 is 11.1 Å². The number of likely N-dealkylation sites (tertiary alicyclic amines) is 1. The minimum Gasteiger partial charge on any atom is -0.366 e. The predicted octanol–water partition coefficient (Wildman–Crippen LogP) is 2.83. The fourth-order valence-electron chi connectivity index (χ4n) is 3.54. The molecule has 0 aliphatic carbocycles. The number of hydrogen-bond acceptors (Lipinski definition) is 6. The summed E-state index contributed by atoms with van der Waals surface area (Å²) < 4.78 is 18.4. The molecule has 1 aliphatic heterocycles. The number of nitrogens with zero attached hydrogens (tertiary/aromatic N) is 3. The van der Waals surface area contributed by atoms with Crippen LogP contribution in [-0.2, 0) is 11.3 Å². The molecule has 0 bridgehead atoms. The first kappa shape index (κ1) is 20.7. The molecule has 160 valence electrons. The third-order valence-corrected chi connectivity index (χ3v) is 5.32. The van der Waals surface area contributed by atoms with E-state index in [1.54, 1.807) is 36.4 Å². The van der Waals surface area contributed by atoms with Gasteiger partial charge in [-0.1, -0.05) is 5.16 Å². The first-order chi connectivity index (χ1) is 15.0. The fraction of sp³-hybridized carbons (Fsp3) is 0.273. The summed E-state index contributed by atoms with van der Waals surface area (Å²) in [5.74, 6) is -0.0471. The van der Waals surface area contributed by atoms with E-state index in [1.165, 1.54) is 12.1 Å². The largest absolute Gasteiger partial charge is 0.366 e. The molecule has 9 heteroatoms. The second kappa shape index (κ2) is 9.05. The number of nitrogens with one attached hydrogen (secondary N) is 1. The van der Waals surface area contributed by atoms with Crippen molar-refractivity contribution in [1.82, 2.24) is 15.0 Å². The third kappa shape index (κ3) is 5.13. The smallest absolute Gasteiger partial charge is 0.248 e. The lowest BCUT2D eigenvalue weighted by atomic mass is 9.96. The molecule has 0 spiro atoms. The molecule has 0 unspecified atom stereocenters. The zero-order chi connectivity index (χ0) is 21.8. The van der Waals surface area contributed by atoms with Crippen LogP contribution in [0.25, 0.3) is 11.4 Å². The lowest BCUT2D eigenvalue weighted by Crippen LogP contribution is -2.37. The molecule has 0 radical (unpaired) electrons. The zero-order valence-electron chi connectivity index (χ0n) is 16.8. The number of primary amides is 1. The highest BCUT2D eigenvalue weighted by Crippen LogP contribution is 2.22. The second-order valence-corrected chi connectivity index (χ2v) is 7.50. The molecule has 3 aromatic rings. The van der Waals surface area contributed by atoms with Crippen LogP contribution in [0.3, 0.4) is 0 Å². The van der Waals surface area contributed by atoms with E-state index in [2.05, 4.69) is 20.4 Å². The Morgan fingerprint density at radius 2 is 1.77 bits per heavy atom. The summed E-state index contributed by atoms with van der Waals surface area (Å²) in [5.41, 5.74) is 6.95. The van der Waals surface area contributed by atoms with Crippen LogP contribution in [0.4, 0.5) is 10.1 Å². The fourth-order valence-corrected chi connectivity index (χ4v) is 3.54. The minimum absolute atomic E-state index is 0.0390. The van der Waals surface area contributed by atoms with Gasteiger partial charge in [0.05, 0.1) is 6.54 Å². The molecule has 0 atom stereocenters. The number of anilines is 1. The summed E-state index contributed by atoms with van der Waals surface area (Å²) in [6.45, 7) is 1.96. The van der Waals surface area contributed by atoms with Gasteiger partial charge in [-0.2, -0.15) is 4.98 Å². The Bertz CT molecular complexity index is 1060. The normalized spacial score (nSPS) is 15.0. The molecule has 1 aromatic heterocycles. The number of amides is 2. The van der Waals surface area contributed by atoms with Gasteiger partial charge >= 0.3 is 0 Å². The first-order valence-electron chi connectivity index (χ1n) is 9.99. The molecule has 2 heterocycles. The molecule has 31 heavy (non-hydrogen) atoms. The molecule has 2 aromatic carbocycles. The van der Waals surface area contributed by atoms with Crippen LogP contribution in [0.15, 0.2) is 53.1 Å². The molecule has 1 fully saturated rings. The topological polar surface area (TPSA) is 114 Å². The van der Waals surface area contributed by atoms with Gasteiger partial charge in [0.1, 0.15) is 5.82 Å². The number of rotatable bonds is 6. The van der Waals surface area contributed by atoms with Crippen LogP contribution in [0.1, 0.15) is 29.1 Å². The lowest BCUT2D eigenvalue weighted by molar-refractivity contribution is -0.121. The van der Waals surface area contributed by atoms with Crippen molar-refractivity contribution in [2.24, 2.45) is 11.7 Å². The summed E-state index contributed by atoms with van der Waals surface area (Å²) in [4.78, 5) is 30.2. The van der Waals surface area contributed by atoms with Gasteiger partial charge in [0.15, 0.2) is 0 Å². The Labute approximate surface area is 178 Å². The van der Waals surface area contributed by atoms with Crippen LogP contribution >= 0.6 is 0 Å². The average Bonchev–Trinajstić information content (AvgIpc) is 3.23. The molecule has 4 rings (SSSR count). The third-order valence-electron chi connectivity index (χ3n) is 5.32. The first-order valence-corrected chi connectivity index (χ1v) is 9.99. The molecule has 2 amide bonds. The highest BCUT2D eigenvalue weighted by molar-refractivity contribution is 5.95. The van der Waals surface area contributed by atoms with Crippen LogP contribution in [0.2, 0.25) is 0 Å². The highest BCUT2D eigenvalue weighted by Gasteiger charge is 2.26. The summed E-state index contributed by atoms with van der Waals surface area (Å²) in [6.07, 6.45) is 1.42. The molecule has 1 aliphatic rings. The van der Waals surface area contributed by atoms with Crippen molar-refractivity contribution in [3.63, 3.8) is 0 Å². The SMILES string of the molecule is NC(=O)c1ccc(NC(=O)C2CCN(Cc3nc(-c4ccc(F)cc4)no3)CC2)cc1. The highest BCUT2D eigenvalue weighted by atomic mass is 19.1. The minimum atomic E-state index is -0.503. The molecule has 1 saturated heterocycles. The van der Waals surface area contributed by atoms with E-state index in [0.717, 1.165) is 13.1 Å². The van der Waals surface area contributed by atoms with Crippen molar-refractivity contribution < 1.29 is 18.5 Å². The summed E-state index contributed by atoms with van der Waals surface area (Å²) in [5, 5.41) is 6.85. The van der Waals surface area contributed by atoms with Crippen LogP contribution in [0.5, 0.6) is 0 Å². The van der Waals surface area contributed by atoms with Gasteiger partial charge in [-0.3, -0.25) is 14.5 Å². The Hall–Kier alpha value is -3.59. The van der Waals surface area contributed by atoms with Gasteiger partial charge in [-0.15, -0.1) is 0 Å². The van der Waals surface area contributed by atoms with Gasteiger partial charge in [-0.25, -0.2) is 4.39 Å². The number of hydrogen-bond donors (Lipinski definition) is 2. The number of carbonyl (C=O) groups excluding carboxylic acids is 2. The number of benzene rings is 2. The number of piperidine rings is 1. The van der Waals surface area contributed by atoms with Crippen molar-refractivity contribution in [1.29, 1.82) is 0 Å². The van der Waals surface area contributed by atoms with Crippen molar-refractivity contribution in [3.8, 4) is 11.4 Å². The monoisotopic (exact) mass is 423 g/mol. The lowest BCUT2D eigenvalue weighted by Gasteiger charge is -2.30. The van der Waals surface area contributed by atoms with Gasteiger partial charge in [0.25, 0.3) is 0 Å². The predicted molar refractivity (Wildman–Crippen MR) is 111 cm³/mol. The second-order valence-electron chi connectivity index (χ2n) is 7.50. The Balaban J connectivity index is 1.27. The Morgan fingerprint density at radius 1 is 1.10 bits per heavy atom. The summed E-state index contributed by atoms with van der Waals surface area (Å²) in [6, 6.07) is 12.4. The standard InChI is InChI=1S/C22H22FN5O3/c23-17-5-1-15(2-6-17)21-26-19(31-27-21)13-28-11-9-16(10-12-28)22(30)25-18-7-3-14(4-8-18)20(24)29/h1-8,16H,9-13H2,(H2,24,29)(H,25,30). The Morgan fingerprint density at radius 3 is 2.42 bits per heavy atom. The van der Waals surface area contributed by atoms with Crippen LogP contribution in [-0.4, -0.2) is 39.9 Å². The molecule has 8 nitrogen and oxygen atoms in total. The van der Waals surface area contributed by atoms with E-state index in [1.807, 2.05) is 0 Å². The van der Waals surface area contributed by atoms with Gasteiger partial charge in [0.2, 0.25) is 23.5 Å². The van der Waals surface area contributed by atoms with Gasteiger partial charge < -0.3 is 15.6 Å². The maximum atomic E-state index is 13.1. The number of nitrogens with two attached hydrogens (primary N) is 1. The van der Waals surface area contributed by atoms with Gasteiger partial charge in [-0.05, 0) is 74.5 Å². The van der Waals surface area contributed by atoms with Crippen molar-refractivity contribution in [3.05, 3.63) is 65.8 Å². The quantitative estimate of drug-likeness (QED) is 0.630. The van der Waals surface area contributed by atoms with E-state index in [-0.39, 0.29) is 17.6 Å². The maximum Gasteiger partial charge on any atom is 0.248 e. The van der Waals surface area contributed by atoms with Crippen molar-refractivity contribution in [2.45, 2.75) is 19.4 Å². The number of aromatic nitrogens is 2. The number of halogens is 1. The Kier molecular flexibility index (Phi) is 6.03. The van der Waals surface area contributed by atoms with Crippen LogP contribution in [0, 0.1) is 11.7 Å². The summed E-state index contributed by atoms with van der Waals surface area (Å²) >= 11 is 0. The van der Waals surface area contributed by atoms with E-state index in [4.69, 9.17) is 10.3 Å². The van der Waals surface area contributed by atoms with E-state index < -0.39 is 5.91 Å². The van der Waals surface area contributed by atoms with E-state index >= 15 is 0 Å². The van der Waals surface area contributed by atoms with E-state index in [9.17, 15) is 14.0 Å². The molecule has 3 N–H and O–H groups in total. The van der Waals surface area contributed by atoms with E-state index in [0.29, 0.717) is 47.9 Å². The molecular weight excluding hydrogens is 401 g/mol. The van der Waals surface area contributed by atoms with Crippen molar-refractivity contribution >= 4 is 17.5 Å². The van der Waals surface area contributed by atoms with Crippen molar-refractivity contribution in [2.75, 3.05) is 18.4 Å². The summed E-state index contributed by atoms with van der Waals surface area (Å²) in [7, 11) is 0. The number of carbonyl (C=O) groups is 2. The molecule has 0 saturated carbocycles. The molecular formula is C22H22FN5O3. The van der Waals surface area contributed by atoms with Gasteiger partial charge in [0, 0.05) is 22.7 Å². The zero-order valence-corrected chi connectivity index (χ0v) is 16.8. The average molecular weight is 423 g/mol. The maximum absolute atomic E-state index is 13.1.